The third kappa shape index (κ3) is 1.47. The number of aromatic hydroxyl groups is 1. The molecule has 0 aliphatic heterocycles. The number of hydrogen-bond donors (Lipinski definition) is 2. The van der Waals surface area contributed by atoms with E-state index in [1.165, 1.54) is 0 Å². The van der Waals surface area contributed by atoms with Crippen LogP contribution in [0.1, 0.15) is 0 Å². The average Bonchev–Trinajstić information content (AvgIpc) is 2.11. The van der Waals surface area contributed by atoms with Crippen LogP contribution in [-0.2, 0) is 0 Å². The van der Waals surface area contributed by atoms with E-state index < -0.39 is 0 Å². The summed E-state index contributed by atoms with van der Waals surface area (Å²) in [7, 11) is 0. The van der Waals surface area contributed by atoms with Gasteiger partial charge in [0.25, 0.3) is 0 Å². The van der Waals surface area contributed by atoms with Gasteiger partial charge >= 0.3 is 0 Å². The standard InChI is InChI=1S/C10H7Cl2NO/c11-7-1-5-3-9(13)10(14)4-6(5)2-8(7)12/h1-4,14H,13H2. The Bertz CT molecular complexity index is 422. The van der Waals surface area contributed by atoms with Gasteiger partial charge < -0.3 is 10.8 Å². The maximum Gasteiger partial charge on any atom is 0.139 e. The van der Waals surface area contributed by atoms with Gasteiger partial charge in [0.1, 0.15) is 5.75 Å². The van der Waals surface area contributed by atoms with E-state index in [0.717, 1.165) is 10.8 Å². The number of benzene rings is 2. The highest BCUT2D eigenvalue weighted by molar-refractivity contribution is 6.42. The summed E-state index contributed by atoms with van der Waals surface area (Å²) in [6.07, 6.45) is 0. The first-order chi connectivity index (χ1) is 6.58. The van der Waals surface area contributed by atoms with Gasteiger partial charge in [-0.25, -0.2) is 0 Å². The monoisotopic (exact) mass is 227 g/mol. The van der Waals surface area contributed by atoms with Crippen molar-refractivity contribution in [1.29, 1.82) is 0 Å². The normalized spacial score (nSPS) is 10.7. The summed E-state index contributed by atoms with van der Waals surface area (Å²) in [5.74, 6) is 0.0517. The number of nitrogen functional groups attached to an aromatic ring is 1. The van der Waals surface area contributed by atoms with Crippen molar-refractivity contribution in [3.63, 3.8) is 0 Å². The largest absolute Gasteiger partial charge is 0.506 e. The summed E-state index contributed by atoms with van der Waals surface area (Å²) in [6, 6.07) is 6.63. The molecule has 0 aliphatic carbocycles. The molecular weight excluding hydrogens is 221 g/mol. The molecule has 0 unspecified atom stereocenters. The molecule has 2 nitrogen and oxygen atoms in total. The molecule has 0 atom stereocenters. The Hall–Kier alpha value is -1.12. The van der Waals surface area contributed by atoms with Crippen LogP contribution in [0.25, 0.3) is 10.8 Å². The molecule has 0 saturated carbocycles. The molecule has 0 bridgehead atoms. The Balaban J connectivity index is 2.83. The first-order valence-corrected chi connectivity index (χ1v) is 4.71. The fraction of sp³-hybridized carbons (Fsp3) is 0. The number of halogens is 2. The Labute approximate surface area is 90.9 Å². The zero-order valence-corrected chi connectivity index (χ0v) is 8.60. The summed E-state index contributed by atoms with van der Waals surface area (Å²) >= 11 is 11.7. The van der Waals surface area contributed by atoms with Crippen molar-refractivity contribution in [3.05, 3.63) is 34.3 Å². The summed E-state index contributed by atoms with van der Waals surface area (Å²) in [4.78, 5) is 0. The van der Waals surface area contributed by atoms with E-state index in [-0.39, 0.29) is 5.75 Å². The van der Waals surface area contributed by atoms with Gasteiger partial charge in [0, 0.05) is 0 Å². The molecule has 0 fully saturated rings. The Morgan fingerprint density at radius 3 is 2.00 bits per heavy atom. The van der Waals surface area contributed by atoms with Crippen LogP contribution in [0.3, 0.4) is 0 Å². The van der Waals surface area contributed by atoms with Crippen molar-refractivity contribution >= 4 is 39.7 Å². The van der Waals surface area contributed by atoms with E-state index in [9.17, 15) is 5.11 Å². The molecule has 0 aromatic heterocycles. The van der Waals surface area contributed by atoms with Gasteiger partial charge in [-0.3, -0.25) is 0 Å². The number of anilines is 1. The lowest BCUT2D eigenvalue weighted by atomic mass is 10.1. The predicted molar refractivity (Wildman–Crippen MR) is 60.0 cm³/mol. The lowest BCUT2D eigenvalue weighted by molar-refractivity contribution is 0.479. The summed E-state index contributed by atoms with van der Waals surface area (Å²) in [5, 5.41) is 12.0. The molecule has 0 saturated heterocycles. The van der Waals surface area contributed by atoms with Gasteiger partial charge in [-0.1, -0.05) is 23.2 Å². The second kappa shape index (κ2) is 3.23. The number of nitrogens with two attached hydrogens (primary N) is 1. The zero-order chi connectivity index (χ0) is 10.3. The van der Waals surface area contributed by atoms with Crippen LogP contribution in [0.15, 0.2) is 24.3 Å². The quantitative estimate of drug-likeness (QED) is 0.535. The number of rotatable bonds is 0. The molecule has 2 aromatic carbocycles. The minimum absolute atomic E-state index is 0.0517. The van der Waals surface area contributed by atoms with Gasteiger partial charge in [-0.2, -0.15) is 0 Å². The maximum absolute atomic E-state index is 9.38. The Morgan fingerprint density at radius 2 is 1.43 bits per heavy atom. The highest BCUT2D eigenvalue weighted by atomic mass is 35.5. The topological polar surface area (TPSA) is 46.2 Å². The SMILES string of the molecule is Nc1cc2cc(Cl)c(Cl)cc2cc1O. The second-order valence-corrected chi connectivity index (χ2v) is 3.84. The van der Waals surface area contributed by atoms with Crippen molar-refractivity contribution in [1.82, 2.24) is 0 Å². The predicted octanol–water partition coefficient (Wildman–Crippen LogP) is 3.43. The van der Waals surface area contributed by atoms with Crippen LogP contribution in [0.2, 0.25) is 10.0 Å². The van der Waals surface area contributed by atoms with Crippen LogP contribution < -0.4 is 5.73 Å². The van der Waals surface area contributed by atoms with Crippen molar-refractivity contribution in [2.24, 2.45) is 0 Å². The first kappa shape index (κ1) is 9.44. The number of phenolic OH excluding ortho intramolecular Hbond substituents is 1. The molecule has 0 radical (unpaired) electrons. The Morgan fingerprint density at radius 1 is 0.929 bits per heavy atom. The van der Waals surface area contributed by atoms with E-state index >= 15 is 0 Å². The lowest BCUT2D eigenvalue weighted by Crippen LogP contribution is -1.85. The summed E-state index contributed by atoms with van der Waals surface area (Å²) in [5.41, 5.74) is 5.88. The van der Waals surface area contributed by atoms with E-state index in [0.29, 0.717) is 15.7 Å². The highest BCUT2D eigenvalue weighted by Gasteiger charge is 2.04. The van der Waals surface area contributed by atoms with Crippen LogP contribution in [-0.4, -0.2) is 5.11 Å². The van der Waals surface area contributed by atoms with Gasteiger partial charge in [0.05, 0.1) is 15.7 Å². The molecule has 3 N–H and O–H groups in total. The molecule has 0 aliphatic rings. The van der Waals surface area contributed by atoms with Crippen LogP contribution >= 0.6 is 23.2 Å². The van der Waals surface area contributed by atoms with Crippen LogP contribution in [0.4, 0.5) is 5.69 Å². The van der Waals surface area contributed by atoms with Crippen molar-refractivity contribution in [2.45, 2.75) is 0 Å². The lowest BCUT2D eigenvalue weighted by Gasteiger charge is -2.04. The Kier molecular flexibility index (Phi) is 2.17. The highest BCUT2D eigenvalue weighted by Crippen LogP contribution is 2.32. The van der Waals surface area contributed by atoms with Crippen LogP contribution in [0, 0.1) is 0 Å². The van der Waals surface area contributed by atoms with E-state index in [1.54, 1.807) is 24.3 Å². The third-order valence-corrected chi connectivity index (χ3v) is 2.75. The fourth-order valence-electron chi connectivity index (χ4n) is 1.30. The van der Waals surface area contributed by atoms with E-state index in [4.69, 9.17) is 28.9 Å². The number of hydrogen-bond acceptors (Lipinski definition) is 2. The fourth-order valence-corrected chi connectivity index (χ4v) is 1.64. The van der Waals surface area contributed by atoms with Crippen molar-refractivity contribution in [3.8, 4) is 5.75 Å². The molecule has 0 heterocycles. The number of phenols is 1. The molecule has 14 heavy (non-hydrogen) atoms. The van der Waals surface area contributed by atoms with Crippen molar-refractivity contribution in [2.75, 3.05) is 5.73 Å². The molecule has 0 spiro atoms. The van der Waals surface area contributed by atoms with Gasteiger partial charge in [-0.05, 0) is 35.0 Å². The summed E-state index contributed by atoms with van der Waals surface area (Å²) < 4.78 is 0. The number of fused-ring (bicyclic) bond motifs is 1. The molecular formula is C10H7Cl2NO. The van der Waals surface area contributed by atoms with Gasteiger partial charge in [0.2, 0.25) is 0 Å². The molecule has 72 valence electrons. The smallest absolute Gasteiger partial charge is 0.139 e. The van der Waals surface area contributed by atoms with E-state index in [2.05, 4.69) is 0 Å². The van der Waals surface area contributed by atoms with Crippen LogP contribution in [0.5, 0.6) is 5.75 Å². The summed E-state index contributed by atoms with van der Waals surface area (Å²) in [6.45, 7) is 0. The zero-order valence-electron chi connectivity index (χ0n) is 7.09. The first-order valence-electron chi connectivity index (χ1n) is 3.95. The molecule has 4 heteroatoms. The maximum atomic E-state index is 9.38. The average molecular weight is 228 g/mol. The molecule has 2 aromatic rings. The minimum atomic E-state index is 0.0517. The third-order valence-electron chi connectivity index (χ3n) is 2.02. The second-order valence-electron chi connectivity index (χ2n) is 3.02. The van der Waals surface area contributed by atoms with Crippen molar-refractivity contribution < 1.29 is 5.11 Å². The molecule has 0 amide bonds. The minimum Gasteiger partial charge on any atom is -0.506 e. The van der Waals surface area contributed by atoms with Gasteiger partial charge in [0.15, 0.2) is 0 Å². The van der Waals surface area contributed by atoms with Gasteiger partial charge in [-0.15, -0.1) is 0 Å². The molecule has 2 rings (SSSR count). The van der Waals surface area contributed by atoms with E-state index in [1.807, 2.05) is 0 Å².